The maximum absolute atomic E-state index is 13.4. The number of ether oxygens (including phenoxy) is 1. The second kappa shape index (κ2) is 6.24. The van der Waals surface area contributed by atoms with Crippen molar-refractivity contribution in [2.24, 2.45) is 0 Å². The van der Waals surface area contributed by atoms with Crippen LogP contribution < -0.4 is 10.1 Å². The van der Waals surface area contributed by atoms with E-state index in [1.165, 1.54) is 6.07 Å². The molecule has 0 saturated carbocycles. The molecule has 0 amide bonds. The standard InChI is InChI=1S/C14H14F2N2O/c1-2-17-9-11-8-12(5-6-18-11)19-14-4-3-10(15)7-13(14)16/h3-8,17H,2,9H2,1H3. The lowest BCUT2D eigenvalue weighted by Gasteiger charge is -2.08. The van der Waals surface area contributed by atoms with Gasteiger partial charge in [0.25, 0.3) is 0 Å². The van der Waals surface area contributed by atoms with Crippen LogP contribution in [0.5, 0.6) is 11.5 Å². The van der Waals surface area contributed by atoms with Crippen molar-refractivity contribution in [2.45, 2.75) is 13.5 Å². The van der Waals surface area contributed by atoms with Gasteiger partial charge in [-0.2, -0.15) is 0 Å². The van der Waals surface area contributed by atoms with Gasteiger partial charge in [-0.1, -0.05) is 6.92 Å². The first-order valence-electron chi connectivity index (χ1n) is 5.97. The normalized spacial score (nSPS) is 10.5. The number of hydrogen-bond acceptors (Lipinski definition) is 3. The summed E-state index contributed by atoms with van der Waals surface area (Å²) < 4.78 is 31.6. The van der Waals surface area contributed by atoms with Gasteiger partial charge in [-0.05, 0) is 24.7 Å². The van der Waals surface area contributed by atoms with E-state index in [1.54, 1.807) is 18.3 Å². The van der Waals surface area contributed by atoms with E-state index >= 15 is 0 Å². The van der Waals surface area contributed by atoms with Crippen molar-refractivity contribution in [3.8, 4) is 11.5 Å². The Kier molecular flexibility index (Phi) is 4.41. The summed E-state index contributed by atoms with van der Waals surface area (Å²) >= 11 is 0. The summed E-state index contributed by atoms with van der Waals surface area (Å²) in [6.45, 7) is 3.44. The van der Waals surface area contributed by atoms with Crippen LogP contribution in [0.25, 0.3) is 0 Å². The third-order valence-electron chi connectivity index (χ3n) is 2.47. The summed E-state index contributed by atoms with van der Waals surface area (Å²) in [5, 5.41) is 3.13. The molecular weight excluding hydrogens is 250 g/mol. The molecule has 0 aliphatic rings. The maximum atomic E-state index is 13.4. The van der Waals surface area contributed by atoms with Gasteiger partial charge < -0.3 is 10.1 Å². The van der Waals surface area contributed by atoms with Gasteiger partial charge in [0.05, 0.1) is 5.69 Å². The van der Waals surface area contributed by atoms with Crippen LogP contribution in [0.15, 0.2) is 36.5 Å². The molecule has 1 heterocycles. The van der Waals surface area contributed by atoms with Gasteiger partial charge in [0, 0.05) is 24.9 Å². The number of pyridine rings is 1. The van der Waals surface area contributed by atoms with Crippen molar-refractivity contribution in [3.05, 3.63) is 53.9 Å². The number of halogens is 2. The van der Waals surface area contributed by atoms with Gasteiger partial charge in [0.2, 0.25) is 0 Å². The fourth-order valence-electron chi connectivity index (χ4n) is 1.55. The zero-order chi connectivity index (χ0) is 13.7. The van der Waals surface area contributed by atoms with Gasteiger partial charge in [0.15, 0.2) is 11.6 Å². The Morgan fingerprint density at radius 1 is 1.21 bits per heavy atom. The van der Waals surface area contributed by atoms with E-state index in [2.05, 4.69) is 10.3 Å². The molecule has 1 N–H and O–H groups in total. The van der Waals surface area contributed by atoms with E-state index in [-0.39, 0.29) is 5.75 Å². The number of hydrogen-bond donors (Lipinski definition) is 1. The van der Waals surface area contributed by atoms with E-state index in [0.717, 1.165) is 24.4 Å². The Labute approximate surface area is 110 Å². The average Bonchev–Trinajstić information content (AvgIpc) is 2.40. The first-order valence-corrected chi connectivity index (χ1v) is 5.97. The molecule has 5 heteroatoms. The van der Waals surface area contributed by atoms with Crippen LogP contribution in [-0.2, 0) is 6.54 Å². The van der Waals surface area contributed by atoms with Gasteiger partial charge in [-0.3, -0.25) is 4.98 Å². The highest BCUT2D eigenvalue weighted by atomic mass is 19.1. The van der Waals surface area contributed by atoms with Gasteiger partial charge in [0.1, 0.15) is 11.6 Å². The maximum Gasteiger partial charge on any atom is 0.168 e. The Morgan fingerprint density at radius 3 is 2.79 bits per heavy atom. The minimum atomic E-state index is -0.731. The summed E-state index contributed by atoms with van der Waals surface area (Å²) in [7, 11) is 0. The molecule has 0 aliphatic carbocycles. The molecule has 1 aromatic carbocycles. The van der Waals surface area contributed by atoms with Crippen molar-refractivity contribution in [3.63, 3.8) is 0 Å². The van der Waals surface area contributed by atoms with E-state index in [1.807, 2.05) is 6.92 Å². The molecule has 0 saturated heterocycles. The highest BCUT2D eigenvalue weighted by Gasteiger charge is 2.06. The topological polar surface area (TPSA) is 34.1 Å². The minimum Gasteiger partial charge on any atom is -0.454 e. The Morgan fingerprint density at radius 2 is 2.05 bits per heavy atom. The van der Waals surface area contributed by atoms with E-state index in [0.29, 0.717) is 12.3 Å². The number of nitrogens with one attached hydrogen (secondary N) is 1. The van der Waals surface area contributed by atoms with Crippen LogP contribution in [0, 0.1) is 11.6 Å². The van der Waals surface area contributed by atoms with Crippen LogP contribution in [0.3, 0.4) is 0 Å². The molecule has 0 radical (unpaired) electrons. The van der Waals surface area contributed by atoms with Crippen LogP contribution in [-0.4, -0.2) is 11.5 Å². The average molecular weight is 264 g/mol. The van der Waals surface area contributed by atoms with Crippen molar-refractivity contribution < 1.29 is 13.5 Å². The van der Waals surface area contributed by atoms with Crippen molar-refractivity contribution in [2.75, 3.05) is 6.54 Å². The fraction of sp³-hybridized carbons (Fsp3) is 0.214. The van der Waals surface area contributed by atoms with Crippen molar-refractivity contribution in [1.82, 2.24) is 10.3 Å². The third kappa shape index (κ3) is 3.72. The SMILES string of the molecule is CCNCc1cc(Oc2ccc(F)cc2F)ccn1. The number of rotatable bonds is 5. The lowest BCUT2D eigenvalue weighted by molar-refractivity contribution is 0.436. The van der Waals surface area contributed by atoms with Gasteiger partial charge >= 0.3 is 0 Å². The predicted molar refractivity (Wildman–Crippen MR) is 68.0 cm³/mol. The Balaban J connectivity index is 2.14. The van der Waals surface area contributed by atoms with Gasteiger partial charge in [-0.25, -0.2) is 8.78 Å². The molecule has 3 nitrogen and oxygen atoms in total. The zero-order valence-electron chi connectivity index (χ0n) is 10.5. The summed E-state index contributed by atoms with van der Waals surface area (Å²) in [6.07, 6.45) is 1.59. The minimum absolute atomic E-state index is 0.0120. The monoisotopic (exact) mass is 264 g/mol. The second-order valence-corrected chi connectivity index (χ2v) is 3.94. The fourth-order valence-corrected chi connectivity index (χ4v) is 1.55. The molecule has 19 heavy (non-hydrogen) atoms. The van der Waals surface area contributed by atoms with Crippen LogP contribution in [0.4, 0.5) is 8.78 Å². The summed E-state index contributed by atoms with van der Waals surface area (Å²) in [5.41, 5.74) is 0.793. The number of benzene rings is 1. The molecular formula is C14H14F2N2O. The molecule has 0 bridgehead atoms. The summed E-state index contributed by atoms with van der Waals surface area (Å²) in [5.74, 6) is -0.909. The quantitative estimate of drug-likeness (QED) is 0.900. The Bertz CT molecular complexity index is 561. The number of nitrogens with zero attached hydrogens (tertiary/aromatic N) is 1. The second-order valence-electron chi connectivity index (χ2n) is 3.94. The van der Waals surface area contributed by atoms with E-state index in [9.17, 15) is 8.78 Å². The largest absolute Gasteiger partial charge is 0.454 e. The molecule has 2 rings (SSSR count). The smallest absolute Gasteiger partial charge is 0.168 e. The van der Waals surface area contributed by atoms with Crippen LogP contribution in [0.1, 0.15) is 12.6 Å². The summed E-state index contributed by atoms with van der Waals surface area (Å²) in [4.78, 5) is 4.16. The molecule has 1 aromatic heterocycles. The van der Waals surface area contributed by atoms with Crippen molar-refractivity contribution >= 4 is 0 Å². The molecule has 0 fully saturated rings. The van der Waals surface area contributed by atoms with Crippen molar-refractivity contribution in [1.29, 1.82) is 0 Å². The van der Waals surface area contributed by atoms with Gasteiger partial charge in [-0.15, -0.1) is 0 Å². The lowest BCUT2D eigenvalue weighted by atomic mass is 10.3. The van der Waals surface area contributed by atoms with Crippen LogP contribution in [0.2, 0.25) is 0 Å². The lowest BCUT2D eigenvalue weighted by Crippen LogP contribution is -2.12. The first-order chi connectivity index (χ1) is 9.19. The van der Waals surface area contributed by atoms with Crippen LogP contribution >= 0.6 is 0 Å². The molecule has 100 valence electrons. The third-order valence-corrected chi connectivity index (χ3v) is 2.47. The predicted octanol–water partition coefficient (Wildman–Crippen LogP) is 3.26. The zero-order valence-corrected chi connectivity index (χ0v) is 10.5. The van der Waals surface area contributed by atoms with E-state index < -0.39 is 11.6 Å². The summed E-state index contributed by atoms with van der Waals surface area (Å²) in [6, 6.07) is 6.54. The molecule has 0 unspecified atom stereocenters. The highest BCUT2D eigenvalue weighted by molar-refractivity contribution is 5.32. The molecule has 0 aliphatic heterocycles. The molecule has 0 spiro atoms. The number of aromatic nitrogens is 1. The van der Waals surface area contributed by atoms with E-state index in [4.69, 9.17) is 4.74 Å². The molecule has 0 atom stereocenters. The molecule has 2 aromatic rings. The first kappa shape index (κ1) is 13.4. The Hall–Kier alpha value is -2.01. The highest BCUT2D eigenvalue weighted by Crippen LogP contribution is 2.24.